The van der Waals surface area contributed by atoms with Gasteiger partial charge >= 0.3 is 5.97 Å². The summed E-state index contributed by atoms with van der Waals surface area (Å²) in [5.74, 6) is -1.12. The molecule has 0 radical (unpaired) electrons. The summed E-state index contributed by atoms with van der Waals surface area (Å²) in [5, 5.41) is 9.82. The van der Waals surface area contributed by atoms with Gasteiger partial charge < -0.3 is 10.0 Å². The number of aromatic nitrogens is 1. The molecular formula is C12H16N2O3S. The van der Waals surface area contributed by atoms with Crippen LogP contribution in [0.25, 0.3) is 0 Å². The van der Waals surface area contributed by atoms with Gasteiger partial charge in [0.2, 0.25) is 0 Å². The Bertz CT molecular complexity index is 484. The number of ketones is 1. The van der Waals surface area contributed by atoms with Gasteiger partial charge in [0.05, 0.1) is 5.92 Å². The van der Waals surface area contributed by atoms with Crippen LogP contribution < -0.4 is 4.90 Å². The van der Waals surface area contributed by atoms with Crippen LogP contribution in [0, 0.1) is 12.8 Å². The maximum absolute atomic E-state index is 11.4. The molecule has 18 heavy (non-hydrogen) atoms. The minimum atomic E-state index is -0.750. The number of rotatable bonds is 3. The Labute approximate surface area is 109 Å². The number of aryl methyl sites for hydroxylation is 1. The topological polar surface area (TPSA) is 70.5 Å². The zero-order valence-electron chi connectivity index (χ0n) is 10.5. The molecule has 0 aromatic carbocycles. The van der Waals surface area contributed by atoms with Crippen molar-refractivity contribution in [2.75, 3.05) is 18.0 Å². The Morgan fingerprint density at radius 1 is 1.50 bits per heavy atom. The number of hydrogen-bond acceptors (Lipinski definition) is 5. The number of nitrogens with zero attached hydrogens (tertiary/aromatic N) is 2. The minimum absolute atomic E-state index is 0.0400. The van der Waals surface area contributed by atoms with Crippen LogP contribution in [-0.2, 0) is 4.79 Å². The average Bonchev–Trinajstić information content (AvgIpc) is 2.71. The number of anilines is 1. The summed E-state index contributed by atoms with van der Waals surface area (Å²) in [6.07, 6.45) is 1.57. The van der Waals surface area contributed by atoms with Gasteiger partial charge in [-0.1, -0.05) is 0 Å². The van der Waals surface area contributed by atoms with Crippen molar-refractivity contribution in [1.82, 2.24) is 4.98 Å². The van der Waals surface area contributed by atoms with Crippen molar-refractivity contribution in [3.8, 4) is 0 Å². The third kappa shape index (κ3) is 2.53. The fourth-order valence-corrected chi connectivity index (χ4v) is 3.19. The van der Waals surface area contributed by atoms with E-state index in [0.29, 0.717) is 12.2 Å². The van der Waals surface area contributed by atoms with Crippen molar-refractivity contribution in [2.45, 2.75) is 26.7 Å². The molecular weight excluding hydrogens is 252 g/mol. The number of carbonyl (C=O) groups excluding carboxylic acids is 1. The highest BCUT2D eigenvalue weighted by molar-refractivity contribution is 7.15. The number of piperidine rings is 1. The molecule has 0 spiro atoms. The Kier molecular flexibility index (Phi) is 3.65. The quantitative estimate of drug-likeness (QED) is 0.848. The van der Waals surface area contributed by atoms with E-state index in [4.69, 9.17) is 5.11 Å². The van der Waals surface area contributed by atoms with Gasteiger partial charge in [0.1, 0.15) is 5.69 Å². The van der Waals surface area contributed by atoms with E-state index in [2.05, 4.69) is 4.98 Å². The summed E-state index contributed by atoms with van der Waals surface area (Å²) in [5.41, 5.74) is 0.507. The third-order valence-electron chi connectivity index (χ3n) is 3.16. The van der Waals surface area contributed by atoms with Gasteiger partial charge in [-0.2, -0.15) is 0 Å². The Hall–Kier alpha value is -1.43. The maximum Gasteiger partial charge on any atom is 0.308 e. The van der Waals surface area contributed by atoms with Crippen molar-refractivity contribution < 1.29 is 14.7 Å². The minimum Gasteiger partial charge on any atom is -0.481 e. The molecule has 1 atom stereocenters. The number of carbonyl (C=O) groups is 2. The lowest BCUT2D eigenvalue weighted by Crippen LogP contribution is -2.38. The van der Waals surface area contributed by atoms with Crippen molar-refractivity contribution >= 4 is 28.2 Å². The van der Waals surface area contributed by atoms with E-state index in [0.717, 1.165) is 29.4 Å². The van der Waals surface area contributed by atoms with E-state index in [9.17, 15) is 9.59 Å². The van der Waals surface area contributed by atoms with Crippen LogP contribution in [0.4, 0.5) is 5.13 Å². The number of thiazole rings is 1. The van der Waals surface area contributed by atoms with E-state index in [1.54, 1.807) is 0 Å². The zero-order valence-corrected chi connectivity index (χ0v) is 11.3. The smallest absolute Gasteiger partial charge is 0.308 e. The first-order valence-corrected chi connectivity index (χ1v) is 6.77. The highest BCUT2D eigenvalue weighted by Crippen LogP contribution is 2.29. The standard InChI is InChI=1S/C12H16N2O3S/c1-7(15)10-8(2)18-12(13-10)14-5-3-4-9(6-14)11(16)17/h9H,3-6H2,1-2H3,(H,16,17). The molecule has 5 nitrogen and oxygen atoms in total. The van der Waals surface area contributed by atoms with Crippen LogP contribution in [-0.4, -0.2) is 34.9 Å². The maximum atomic E-state index is 11.4. The van der Waals surface area contributed by atoms with Crippen molar-refractivity contribution in [2.24, 2.45) is 5.92 Å². The van der Waals surface area contributed by atoms with Crippen LogP contribution in [0.5, 0.6) is 0 Å². The van der Waals surface area contributed by atoms with E-state index in [1.165, 1.54) is 18.3 Å². The number of carboxylic acids is 1. The van der Waals surface area contributed by atoms with Crippen molar-refractivity contribution in [3.63, 3.8) is 0 Å². The van der Waals surface area contributed by atoms with E-state index in [-0.39, 0.29) is 11.7 Å². The fourth-order valence-electron chi connectivity index (χ4n) is 2.20. The lowest BCUT2D eigenvalue weighted by Gasteiger charge is -2.30. The zero-order chi connectivity index (χ0) is 13.3. The summed E-state index contributed by atoms with van der Waals surface area (Å²) < 4.78 is 0. The van der Waals surface area contributed by atoms with Crippen molar-refractivity contribution in [3.05, 3.63) is 10.6 Å². The van der Waals surface area contributed by atoms with Gasteiger partial charge in [0, 0.05) is 24.9 Å². The number of Topliss-reactive ketones (excluding diaryl/α,β-unsaturated/α-hetero) is 1. The molecule has 0 aliphatic carbocycles. The molecule has 2 heterocycles. The molecule has 1 fully saturated rings. The summed E-state index contributed by atoms with van der Waals surface area (Å²) in [6, 6.07) is 0. The highest BCUT2D eigenvalue weighted by atomic mass is 32.1. The molecule has 1 saturated heterocycles. The SMILES string of the molecule is CC(=O)c1nc(N2CCCC(C(=O)O)C2)sc1C. The first-order valence-electron chi connectivity index (χ1n) is 5.95. The number of hydrogen-bond donors (Lipinski definition) is 1. The third-order valence-corrected chi connectivity index (χ3v) is 4.19. The van der Waals surface area contributed by atoms with Crippen molar-refractivity contribution in [1.29, 1.82) is 0 Å². The lowest BCUT2D eigenvalue weighted by molar-refractivity contribution is -0.141. The second-order valence-electron chi connectivity index (χ2n) is 4.58. The van der Waals surface area contributed by atoms with Gasteiger partial charge in [0.25, 0.3) is 0 Å². The largest absolute Gasteiger partial charge is 0.481 e. The Morgan fingerprint density at radius 3 is 2.78 bits per heavy atom. The van der Waals surface area contributed by atoms with Crippen LogP contribution in [0.2, 0.25) is 0 Å². The molecule has 0 saturated carbocycles. The van der Waals surface area contributed by atoms with Crippen LogP contribution >= 0.6 is 11.3 Å². The summed E-state index contributed by atoms with van der Waals surface area (Å²) in [7, 11) is 0. The Balaban J connectivity index is 2.18. The molecule has 1 aliphatic heterocycles. The molecule has 0 bridgehead atoms. The summed E-state index contributed by atoms with van der Waals surface area (Å²) in [6.45, 7) is 4.67. The summed E-state index contributed by atoms with van der Waals surface area (Å²) in [4.78, 5) is 29.6. The molecule has 1 aliphatic rings. The molecule has 1 unspecified atom stereocenters. The molecule has 1 aromatic rings. The van der Waals surface area contributed by atoms with E-state index in [1.807, 2.05) is 11.8 Å². The summed E-state index contributed by atoms with van der Waals surface area (Å²) >= 11 is 1.46. The van der Waals surface area contributed by atoms with Gasteiger partial charge in [-0.05, 0) is 19.8 Å². The van der Waals surface area contributed by atoms with E-state index >= 15 is 0 Å². The predicted molar refractivity (Wildman–Crippen MR) is 69.4 cm³/mol. The van der Waals surface area contributed by atoms with E-state index < -0.39 is 5.97 Å². The number of carboxylic acid groups (broad SMARTS) is 1. The van der Waals surface area contributed by atoms with Crippen LogP contribution in [0.15, 0.2) is 0 Å². The molecule has 2 rings (SSSR count). The molecule has 1 aromatic heterocycles. The molecule has 1 N–H and O–H groups in total. The highest BCUT2D eigenvalue weighted by Gasteiger charge is 2.27. The number of aliphatic carboxylic acids is 1. The second-order valence-corrected chi connectivity index (χ2v) is 5.76. The normalized spacial score (nSPS) is 19.9. The fraction of sp³-hybridized carbons (Fsp3) is 0.583. The molecule has 0 amide bonds. The molecule has 6 heteroatoms. The van der Waals surface area contributed by atoms with Crippen LogP contribution in [0.3, 0.4) is 0 Å². The predicted octanol–water partition coefficient (Wildman–Crippen LogP) is 1.96. The van der Waals surface area contributed by atoms with Crippen LogP contribution in [0.1, 0.15) is 35.1 Å². The second kappa shape index (κ2) is 5.06. The van der Waals surface area contributed by atoms with Gasteiger partial charge in [0.15, 0.2) is 10.9 Å². The van der Waals surface area contributed by atoms with Gasteiger partial charge in [-0.25, -0.2) is 4.98 Å². The van der Waals surface area contributed by atoms with Gasteiger partial charge in [-0.15, -0.1) is 11.3 Å². The lowest BCUT2D eigenvalue weighted by atomic mass is 9.99. The first kappa shape index (κ1) is 13.0. The monoisotopic (exact) mass is 268 g/mol. The average molecular weight is 268 g/mol. The Morgan fingerprint density at radius 2 is 2.22 bits per heavy atom. The van der Waals surface area contributed by atoms with Gasteiger partial charge in [-0.3, -0.25) is 9.59 Å². The first-order chi connectivity index (χ1) is 8.49. The molecule has 98 valence electrons.